The first-order valence-electron chi connectivity index (χ1n) is 6.07. The Bertz CT molecular complexity index is 574. The maximum absolute atomic E-state index is 5.89. The smallest absolute Gasteiger partial charge is 0.130 e. The molecular formula is C15H17ClN2S. The van der Waals surface area contributed by atoms with E-state index in [0.717, 1.165) is 9.92 Å². The third-order valence-corrected chi connectivity index (χ3v) is 4.03. The molecule has 1 aromatic heterocycles. The number of rotatable bonds is 2. The van der Waals surface area contributed by atoms with Crippen molar-refractivity contribution in [3.05, 3.63) is 47.1 Å². The highest BCUT2D eigenvalue weighted by atomic mass is 35.5. The summed E-state index contributed by atoms with van der Waals surface area (Å²) in [7, 11) is 0. The van der Waals surface area contributed by atoms with Crippen LogP contribution < -0.4 is 5.73 Å². The number of aromatic nitrogens is 1. The molecule has 2 rings (SSSR count). The molecule has 0 aliphatic rings. The summed E-state index contributed by atoms with van der Waals surface area (Å²) in [6.07, 6.45) is 0. The Labute approximate surface area is 123 Å². The second-order valence-electron chi connectivity index (χ2n) is 5.40. The summed E-state index contributed by atoms with van der Waals surface area (Å²) in [5.41, 5.74) is 8.01. The average Bonchev–Trinajstić information content (AvgIpc) is 2.33. The van der Waals surface area contributed by atoms with E-state index in [1.165, 1.54) is 17.3 Å². The molecule has 0 amide bonds. The van der Waals surface area contributed by atoms with Gasteiger partial charge in [0.25, 0.3) is 0 Å². The van der Waals surface area contributed by atoms with E-state index in [4.69, 9.17) is 17.3 Å². The van der Waals surface area contributed by atoms with Crippen LogP contribution in [0, 0.1) is 0 Å². The number of nitrogens with zero attached hydrogens (tertiary/aromatic N) is 1. The van der Waals surface area contributed by atoms with Crippen molar-refractivity contribution in [3.8, 4) is 0 Å². The zero-order valence-corrected chi connectivity index (χ0v) is 12.8. The van der Waals surface area contributed by atoms with Crippen LogP contribution in [0.15, 0.2) is 46.3 Å². The van der Waals surface area contributed by atoms with Crippen molar-refractivity contribution in [1.82, 2.24) is 4.98 Å². The van der Waals surface area contributed by atoms with Crippen molar-refractivity contribution in [2.45, 2.75) is 36.1 Å². The van der Waals surface area contributed by atoms with E-state index in [0.29, 0.717) is 10.8 Å². The first-order valence-corrected chi connectivity index (χ1v) is 7.26. The highest BCUT2D eigenvalue weighted by Gasteiger charge is 2.13. The Morgan fingerprint density at radius 2 is 1.68 bits per heavy atom. The number of benzene rings is 1. The van der Waals surface area contributed by atoms with Gasteiger partial charge in [0.15, 0.2) is 0 Å². The van der Waals surface area contributed by atoms with Crippen LogP contribution >= 0.6 is 23.4 Å². The Morgan fingerprint density at radius 1 is 1.05 bits per heavy atom. The van der Waals surface area contributed by atoms with E-state index >= 15 is 0 Å². The van der Waals surface area contributed by atoms with Crippen LogP contribution in [0.4, 0.5) is 5.69 Å². The molecule has 0 aliphatic heterocycles. The standard InChI is InChI=1S/C15H17ClN2S/c1-15(2,3)10-4-6-11(7-5-10)19-14-12(17)8-9-13(16)18-14/h4-9H,17H2,1-3H3. The maximum atomic E-state index is 5.89. The molecule has 2 aromatic rings. The molecule has 0 radical (unpaired) electrons. The Hall–Kier alpha value is -1.19. The quantitative estimate of drug-likeness (QED) is 0.811. The second-order valence-corrected chi connectivity index (χ2v) is 6.85. The number of hydrogen-bond donors (Lipinski definition) is 1. The molecule has 0 saturated heterocycles. The molecule has 19 heavy (non-hydrogen) atoms. The van der Waals surface area contributed by atoms with Crippen molar-refractivity contribution in [2.75, 3.05) is 5.73 Å². The molecule has 0 unspecified atom stereocenters. The number of nitrogen functional groups attached to an aromatic ring is 1. The molecular weight excluding hydrogens is 276 g/mol. The number of halogens is 1. The molecule has 2 N–H and O–H groups in total. The van der Waals surface area contributed by atoms with E-state index in [9.17, 15) is 0 Å². The van der Waals surface area contributed by atoms with Gasteiger partial charge in [-0.05, 0) is 35.2 Å². The first kappa shape index (κ1) is 14.2. The van der Waals surface area contributed by atoms with E-state index in [1.807, 2.05) is 0 Å². The minimum Gasteiger partial charge on any atom is -0.397 e. The summed E-state index contributed by atoms with van der Waals surface area (Å²) in [5.74, 6) is 0. The van der Waals surface area contributed by atoms with Crippen molar-refractivity contribution >= 4 is 29.1 Å². The summed E-state index contributed by atoms with van der Waals surface area (Å²) in [5, 5.41) is 1.21. The van der Waals surface area contributed by atoms with E-state index < -0.39 is 0 Å². The fourth-order valence-electron chi connectivity index (χ4n) is 1.65. The Kier molecular flexibility index (Phi) is 4.07. The van der Waals surface area contributed by atoms with Gasteiger partial charge in [-0.3, -0.25) is 0 Å². The van der Waals surface area contributed by atoms with E-state index in [2.05, 4.69) is 50.0 Å². The van der Waals surface area contributed by atoms with Gasteiger partial charge in [0.05, 0.1) is 5.69 Å². The van der Waals surface area contributed by atoms with Gasteiger partial charge in [0, 0.05) is 4.90 Å². The lowest BCUT2D eigenvalue weighted by Gasteiger charge is -2.19. The molecule has 0 fully saturated rings. The fraction of sp³-hybridized carbons (Fsp3) is 0.267. The lowest BCUT2D eigenvalue weighted by atomic mass is 9.87. The highest BCUT2D eigenvalue weighted by Crippen LogP contribution is 2.32. The molecule has 1 aromatic carbocycles. The number of pyridine rings is 1. The lowest BCUT2D eigenvalue weighted by molar-refractivity contribution is 0.590. The topological polar surface area (TPSA) is 38.9 Å². The predicted octanol–water partition coefficient (Wildman–Crippen LogP) is 4.77. The monoisotopic (exact) mass is 292 g/mol. The van der Waals surface area contributed by atoms with Crippen LogP contribution in [0.5, 0.6) is 0 Å². The average molecular weight is 293 g/mol. The minimum atomic E-state index is 0.163. The Balaban J connectivity index is 2.22. The molecule has 1 heterocycles. The summed E-state index contributed by atoms with van der Waals surface area (Å²) >= 11 is 7.42. The third kappa shape index (κ3) is 3.64. The van der Waals surface area contributed by atoms with Gasteiger partial charge < -0.3 is 5.73 Å². The van der Waals surface area contributed by atoms with Crippen molar-refractivity contribution < 1.29 is 0 Å². The maximum Gasteiger partial charge on any atom is 0.130 e. The lowest BCUT2D eigenvalue weighted by Crippen LogP contribution is -2.10. The van der Waals surface area contributed by atoms with Crippen molar-refractivity contribution in [1.29, 1.82) is 0 Å². The van der Waals surface area contributed by atoms with Crippen LogP contribution in [0.2, 0.25) is 5.15 Å². The minimum absolute atomic E-state index is 0.163. The van der Waals surface area contributed by atoms with Crippen LogP contribution in [0.3, 0.4) is 0 Å². The molecule has 0 aliphatic carbocycles. The molecule has 0 saturated carbocycles. The van der Waals surface area contributed by atoms with Crippen LogP contribution in [-0.2, 0) is 5.41 Å². The van der Waals surface area contributed by atoms with Crippen molar-refractivity contribution in [2.24, 2.45) is 0 Å². The molecule has 100 valence electrons. The van der Waals surface area contributed by atoms with Crippen LogP contribution in [0.1, 0.15) is 26.3 Å². The van der Waals surface area contributed by atoms with Gasteiger partial charge in [0.1, 0.15) is 10.2 Å². The zero-order valence-electron chi connectivity index (χ0n) is 11.3. The normalized spacial score (nSPS) is 11.6. The molecule has 0 bridgehead atoms. The largest absolute Gasteiger partial charge is 0.397 e. The number of nitrogens with two attached hydrogens (primary N) is 1. The molecule has 2 nitrogen and oxygen atoms in total. The van der Waals surface area contributed by atoms with Gasteiger partial charge in [-0.15, -0.1) is 0 Å². The second kappa shape index (κ2) is 5.43. The molecule has 0 spiro atoms. The third-order valence-electron chi connectivity index (χ3n) is 2.79. The van der Waals surface area contributed by atoms with Gasteiger partial charge in [-0.25, -0.2) is 4.98 Å². The summed E-state index contributed by atoms with van der Waals surface area (Å²) < 4.78 is 0. The van der Waals surface area contributed by atoms with Crippen LogP contribution in [-0.4, -0.2) is 4.98 Å². The van der Waals surface area contributed by atoms with Gasteiger partial charge in [-0.1, -0.05) is 56.3 Å². The zero-order chi connectivity index (χ0) is 14.0. The van der Waals surface area contributed by atoms with E-state index in [-0.39, 0.29) is 5.41 Å². The highest BCUT2D eigenvalue weighted by molar-refractivity contribution is 7.99. The van der Waals surface area contributed by atoms with E-state index in [1.54, 1.807) is 12.1 Å². The van der Waals surface area contributed by atoms with Crippen LogP contribution in [0.25, 0.3) is 0 Å². The van der Waals surface area contributed by atoms with Gasteiger partial charge in [0.2, 0.25) is 0 Å². The Morgan fingerprint density at radius 3 is 2.26 bits per heavy atom. The first-order chi connectivity index (χ1) is 8.86. The summed E-state index contributed by atoms with van der Waals surface area (Å²) in [6, 6.07) is 11.9. The number of anilines is 1. The van der Waals surface area contributed by atoms with Gasteiger partial charge in [-0.2, -0.15) is 0 Å². The predicted molar refractivity (Wildman–Crippen MR) is 82.9 cm³/mol. The summed E-state index contributed by atoms with van der Waals surface area (Å²) in [6.45, 7) is 6.60. The SMILES string of the molecule is CC(C)(C)c1ccc(Sc2nc(Cl)ccc2N)cc1. The molecule has 4 heteroatoms. The fourth-order valence-corrected chi connectivity index (χ4v) is 2.67. The van der Waals surface area contributed by atoms with Crippen molar-refractivity contribution in [3.63, 3.8) is 0 Å². The molecule has 0 atom stereocenters. The number of hydrogen-bond acceptors (Lipinski definition) is 3. The summed E-state index contributed by atoms with van der Waals surface area (Å²) in [4.78, 5) is 5.35. The van der Waals surface area contributed by atoms with Gasteiger partial charge >= 0.3 is 0 Å².